The van der Waals surface area contributed by atoms with Gasteiger partial charge in [0.25, 0.3) is 0 Å². The normalized spacial score (nSPS) is 14.8. The van der Waals surface area contributed by atoms with E-state index in [4.69, 9.17) is 16.6 Å². The average Bonchev–Trinajstić information content (AvgIpc) is 3.31. The zero-order valence-corrected chi connectivity index (χ0v) is 22.3. The van der Waals surface area contributed by atoms with E-state index in [9.17, 15) is 33.9 Å². The third-order valence-electron chi connectivity index (χ3n) is 6.55. The number of nitrogens with two attached hydrogens (primary N) is 2. The second-order valence-electron chi connectivity index (χ2n) is 9.61. The zero-order chi connectivity index (χ0) is 30.0. The van der Waals surface area contributed by atoms with Crippen LogP contribution in [-0.4, -0.2) is 74.9 Å². The Morgan fingerprint density at radius 2 is 1.57 bits per heavy atom. The van der Waals surface area contributed by atoms with Gasteiger partial charge in [-0.15, -0.1) is 0 Å². The van der Waals surface area contributed by atoms with Crippen molar-refractivity contribution in [2.24, 2.45) is 17.4 Å². The van der Waals surface area contributed by atoms with Crippen LogP contribution in [0, 0.1) is 5.92 Å². The van der Waals surface area contributed by atoms with E-state index in [1.807, 2.05) is 18.2 Å². The van der Waals surface area contributed by atoms with E-state index in [1.54, 1.807) is 26.1 Å². The minimum absolute atomic E-state index is 0.0518. The molecular formula is C26H36N6O8. The van der Waals surface area contributed by atoms with E-state index < -0.39 is 78.5 Å². The zero-order valence-electron chi connectivity index (χ0n) is 22.3. The van der Waals surface area contributed by atoms with Gasteiger partial charge >= 0.3 is 11.9 Å². The monoisotopic (exact) mass is 560 g/mol. The molecule has 0 aliphatic heterocycles. The van der Waals surface area contributed by atoms with Crippen LogP contribution < -0.4 is 27.4 Å². The highest BCUT2D eigenvalue weighted by Gasteiger charge is 2.33. The fourth-order valence-electron chi connectivity index (χ4n) is 4.04. The van der Waals surface area contributed by atoms with Crippen LogP contribution in [0.4, 0.5) is 0 Å². The number of aromatic amines is 1. The first-order chi connectivity index (χ1) is 18.8. The molecule has 0 spiro atoms. The van der Waals surface area contributed by atoms with Crippen LogP contribution in [0.5, 0.6) is 0 Å². The van der Waals surface area contributed by atoms with Crippen LogP contribution in [0.1, 0.15) is 45.1 Å². The van der Waals surface area contributed by atoms with Crippen molar-refractivity contribution in [3.63, 3.8) is 0 Å². The summed E-state index contributed by atoms with van der Waals surface area (Å²) in [7, 11) is 0. The van der Waals surface area contributed by atoms with Gasteiger partial charge in [0.1, 0.15) is 18.1 Å². The number of fused-ring (bicyclic) bond motifs is 1. The smallest absolute Gasteiger partial charge is 0.326 e. The summed E-state index contributed by atoms with van der Waals surface area (Å²) in [6, 6.07) is 1.91. The molecule has 1 heterocycles. The first-order valence-corrected chi connectivity index (χ1v) is 12.8. The molecule has 14 nitrogen and oxygen atoms in total. The fraction of sp³-hybridized carbons (Fsp3) is 0.462. The first-order valence-electron chi connectivity index (χ1n) is 12.8. The molecule has 4 amide bonds. The van der Waals surface area contributed by atoms with Crippen molar-refractivity contribution in [1.82, 2.24) is 20.9 Å². The van der Waals surface area contributed by atoms with Gasteiger partial charge in [-0.2, -0.15) is 0 Å². The summed E-state index contributed by atoms with van der Waals surface area (Å²) < 4.78 is 0. The number of benzene rings is 1. The van der Waals surface area contributed by atoms with E-state index >= 15 is 0 Å². The molecule has 5 atom stereocenters. The van der Waals surface area contributed by atoms with Crippen molar-refractivity contribution >= 4 is 46.5 Å². The minimum Gasteiger partial charge on any atom is -0.481 e. The molecule has 2 aromatic rings. The van der Waals surface area contributed by atoms with Gasteiger partial charge in [0.05, 0.1) is 12.5 Å². The van der Waals surface area contributed by atoms with Crippen LogP contribution >= 0.6 is 0 Å². The lowest BCUT2D eigenvalue weighted by molar-refractivity contribution is -0.144. The van der Waals surface area contributed by atoms with Crippen LogP contribution in [0.15, 0.2) is 30.5 Å². The van der Waals surface area contributed by atoms with Crippen molar-refractivity contribution in [3.05, 3.63) is 36.0 Å². The van der Waals surface area contributed by atoms with Crippen molar-refractivity contribution in [2.75, 3.05) is 0 Å². The number of carboxylic acid groups (broad SMARTS) is 2. The number of hydrogen-bond donors (Lipinski definition) is 8. The lowest BCUT2D eigenvalue weighted by atomic mass is 9.98. The molecule has 0 bridgehead atoms. The Morgan fingerprint density at radius 1 is 0.950 bits per heavy atom. The number of carboxylic acids is 2. The first kappa shape index (κ1) is 31.8. The second kappa shape index (κ2) is 14.6. The second-order valence-corrected chi connectivity index (χ2v) is 9.61. The summed E-state index contributed by atoms with van der Waals surface area (Å²) in [5, 5.41) is 26.5. The predicted octanol–water partition coefficient (Wildman–Crippen LogP) is -0.637. The van der Waals surface area contributed by atoms with E-state index in [0.717, 1.165) is 10.9 Å². The molecule has 0 aliphatic rings. The maximum atomic E-state index is 13.3. The van der Waals surface area contributed by atoms with Gasteiger partial charge in [-0.05, 0) is 24.0 Å². The van der Waals surface area contributed by atoms with Crippen LogP contribution in [0.25, 0.3) is 10.9 Å². The number of H-pyrrole nitrogens is 1. The number of aliphatic carboxylic acids is 2. The number of hydrogen-bond acceptors (Lipinski definition) is 7. The number of para-hydroxylation sites is 1. The van der Waals surface area contributed by atoms with Crippen LogP contribution in [0.3, 0.4) is 0 Å². The topological polar surface area (TPSA) is 247 Å². The largest absolute Gasteiger partial charge is 0.481 e. The summed E-state index contributed by atoms with van der Waals surface area (Å²) >= 11 is 0. The maximum Gasteiger partial charge on any atom is 0.326 e. The number of primary amides is 1. The van der Waals surface area contributed by atoms with Gasteiger partial charge in [-0.1, -0.05) is 38.5 Å². The summed E-state index contributed by atoms with van der Waals surface area (Å²) in [4.78, 5) is 76.4. The molecule has 0 radical (unpaired) electrons. The molecule has 1 aromatic carbocycles. The molecule has 0 aliphatic carbocycles. The Hall–Kier alpha value is -4.46. The van der Waals surface area contributed by atoms with Gasteiger partial charge in [0, 0.05) is 29.9 Å². The lowest BCUT2D eigenvalue weighted by Gasteiger charge is -2.26. The van der Waals surface area contributed by atoms with Gasteiger partial charge in [-0.3, -0.25) is 24.0 Å². The SMILES string of the molecule is CCC(C)C(NC(=O)C(Cc1c[nH]c2ccccc12)NC(=O)C(CC(N)=O)NC(=O)C(N)CCC(=O)O)C(=O)O. The average molecular weight is 561 g/mol. The predicted molar refractivity (Wildman–Crippen MR) is 144 cm³/mol. The number of carbonyl (C=O) groups excluding carboxylic acids is 4. The number of amides is 4. The molecule has 40 heavy (non-hydrogen) atoms. The summed E-state index contributed by atoms with van der Waals surface area (Å²) in [5.74, 6) is -6.36. The Balaban J connectivity index is 2.32. The highest BCUT2D eigenvalue weighted by molar-refractivity contribution is 5.96. The van der Waals surface area contributed by atoms with Crippen molar-refractivity contribution in [3.8, 4) is 0 Å². The maximum absolute atomic E-state index is 13.3. The van der Waals surface area contributed by atoms with E-state index in [1.165, 1.54) is 0 Å². The Morgan fingerprint density at radius 3 is 2.17 bits per heavy atom. The summed E-state index contributed by atoms with van der Waals surface area (Å²) in [6.07, 6.45) is 0.828. The molecule has 1 aromatic heterocycles. The quantitative estimate of drug-likeness (QED) is 0.130. The highest BCUT2D eigenvalue weighted by atomic mass is 16.4. The van der Waals surface area contributed by atoms with Crippen molar-refractivity contribution in [2.45, 2.75) is 70.1 Å². The standard InChI is InChI=1S/C26H36N6O8/c1-3-13(2)22(26(39)40)32-25(38)18(10-14-12-29-17-7-5-4-6-15(14)17)31-24(37)19(11-20(28)33)30-23(36)16(27)8-9-21(34)35/h4-7,12-13,16,18-19,22,29H,3,8-11,27H2,1-2H3,(H2,28,33)(H,30,36)(H,31,37)(H,32,38)(H,34,35)(H,39,40). The number of nitrogens with one attached hydrogen (secondary N) is 4. The lowest BCUT2D eigenvalue weighted by Crippen LogP contribution is -2.58. The summed E-state index contributed by atoms with van der Waals surface area (Å²) in [6.45, 7) is 3.44. The van der Waals surface area contributed by atoms with Gasteiger partial charge < -0.3 is 42.6 Å². The van der Waals surface area contributed by atoms with Gasteiger partial charge in [-0.25, -0.2) is 4.79 Å². The molecule has 5 unspecified atom stereocenters. The van der Waals surface area contributed by atoms with E-state index in [-0.39, 0.29) is 12.8 Å². The number of rotatable bonds is 16. The molecule has 2 rings (SSSR count). The highest BCUT2D eigenvalue weighted by Crippen LogP contribution is 2.19. The van der Waals surface area contributed by atoms with Crippen molar-refractivity contribution in [1.29, 1.82) is 0 Å². The number of carbonyl (C=O) groups is 6. The third kappa shape index (κ3) is 9.08. The molecule has 14 heteroatoms. The fourth-order valence-corrected chi connectivity index (χ4v) is 4.04. The van der Waals surface area contributed by atoms with Gasteiger partial charge in [0.2, 0.25) is 23.6 Å². The van der Waals surface area contributed by atoms with E-state index in [0.29, 0.717) is 12.0 Å². The Labute approximate surface area is 230 Å². The minimum atomic E-state index is -1.52. The third-order valence-corrected chi connectivity index (χ3v) is 6.55. The molecular weight excluding hydrogens is 524 g/mol. The molecule has 0 saturated heterocycles. The molecule has 10 N–H and O–H groups in total. The van der Waals surface area contributed by atoms with Crippen LogP contribution in [-0.2, 0) is 35.2 Å². The Bertz CT molecular complexity index is 1240. The van der Waals surface area contributed by atoms with Crippen LogP contribution in [0.2, 0.25) is 0 Å². The van der Waals surface area contributed by atoms with Gasteiger partial charge in [0.15, 0.2) is 0 Å². The number of aromatic nitrogens is 1. The molecule has 0 saturated carbocycles. The van der Waals surface area contributed by atoms with Crippen molar-refractivity contribution < 1.29 is 39.0 Å². The molecule has 0 fully saturated rings. The summed E-state index contributed by atoms with van der Waals surface area (Å²) in [5.41, 5.74) is 12.4. The molecule has 218 valence electrons. The Kier molecular flexibility index (Phi) is 11.6. The van der Waals surface area contributed by atoms with E-state index in [2.05, 4.69) is 20.9 Å².